The van der Waals surface area contributed by atoms with Crippen molar-refractivity contribution in [3.63, 3.8) is 0 Å². The maximum atomic E-state index is 14.2. The van der Waals surface area contributed by atoms with Gasteiger partial charge in [-0.15, -0.1) is 0 Å². The maximum Gasteiger partial charge on any atom is 0.134 e. The Hall–Kier alpha value is -1.01. The molecule has 1 unspecified atom stereocenters. The summed E-state index contributed by atoms with van der Waals surface area (Å²) in [5.41, 5.74) is 1.37. The summed E-state index contributed by atoms with van der Waals surface area (Å²) in [5.74, 6) is -1.01. The molecule has 0 aliphatic carbocycles. The van der Waals surface area contributed by atoms with Crippen LogP contribution >= 0.6 is 22.6 Å². The molecule has 0 saturated carbocycles. The Morgan fingerprint density at radius 3 is 2.53 bits per heavy atom. The molecule has 0 aliphatic heterocycles. The molecule has 100 valence electrons. The van der Waals surface area contributed by atoms with Crippen molar-refractivity contribution in [2.24, 2.45) is 0 Å². The van der Waals surface area contributed by atoms with Gasteiger partial charge in [-0.3, -0.25) is 0 Å². The molecule has 0 bridgehead atoms. The Bertz CT molecular complexity index is 599. The molecule has 2 rings (SSSR count). The maximum absolute atomic E-state index is 14.2. The van der Waals surface area contributed by atoms with Gasteiger partial charge in [0, 0.05) is 9.13 Å². The second-order valence-electron chi connectivity index (χ2n) is 4.37. The standard InChI is InChI=1S/C15H14F2IN/c1-9-6-7-12(16)13(14(9)17)15(19-2)10-4-3-5-11(18)8-10/h3-8,15,19H,1-2H3. The normalized spacial score (nSPS) is 12.5. The Labute approximate surface area is 125 Å². The van der Waals surface area contributed by atoms with E-state index < -0.39 is 17.7 Å². The quantitative estimate of drug-likeness (QED) is 0.796. The lowest BCUT2D eigenvalue weighted by Gasteiger charge is -2.19. The molecular formula is C15H14F2IN. The van der Waals surface area contributed by atoms with Crippen LogP contribution in [0.25, 0.3) is 0 Å². The van der Waals surface area contributed by atoms with Crippen molar-refractivity contribution in [1.82, 2.24) is 5.32 Å². The third-order valence-corrected chi connectivity index (χ3v) is 3.75. The molecule has 0 radical (unpaired) electrons. The largest absolute Gasteiger partial charge is 0.309 e. The van der Waals surface area contributed by atoms with Crippen LogP contribution in [0, 0.1) is 22.1 Å². The van der Waals surface area contributed by atoms with E-state index >= 15 is 0 Å². The van der Waals surface area contributed by atoms with E-state index in [1.54, 1.807) is 14.0 Å². The number of benzene rings is 2. The van der Waals surface area contributed by atoms with E-state index in [2.05, 4.69) is 27.9 Å². The zero-order valence-electron chi connectivity index (χ0n) is 10.7. The predicted octanol–water partition coefficient (Wildman–Crippen LogP) is 4.19. The van der Waals surface area contributed by atoms with Gasteiger partial charge in [-0.25, -0.2) is 8.78 Å². The third-order valence-electron chi connectivity index (χ3n) is 3.08. The van der Waals surface area contributed by atoms with E-state index in [9.17, 15) is 8.78 Å². The lowest BCUT2D eigenvalue weighted by Crippen LogP contribution is -2.21. The molecule has 1 nitrogen and oxygen atoms in total. The van der Waals surface area contributed by atoms with Crippen LogP contribution in [0.1, 0.15) is 22.7 Å². The van der Waals surface area contributed by atoms with Crippen LogP contribution in [0.5, 0.6) is 0 Å². The summed E-state index contributed by atoms with van der Waals surface area (Å²) in [6, 6.07) is 9.89. The fraction of sp³-hybridized carbons (Fsp3) is 0.200. The lowest BCUT2D eigenvalue weighted by molar-refractivity contribution is 0.517. The monoisotopic (exact) mass is 373 g/mol. The Morgan fingerprint density at radius 1 is 1.16 bits per heavy atom. The van der Waals surface area contributed by atoms with Gasteiger partial charge in [-0.05, 0) is 65.9 Å². The molecule has 19 heavy (non-hydrogen) atoms. The fourth-order valence-electron chi connectivity index (χ4n) is 2.11. The summed E-state index contributed by atoms with van der Waals surface area (Å²) < 4.78 is 29.2. The van der Waals surface area contributed by atoms with Gasteiger partial charge in [-0.1, -0.05) is 18.2 Å². The molecule has 0 fully saturated rings. The molecule has 2 aromatic carbocycles. The number of hydrogen-bond acceptors (Lipinski definition) is 1. The number of rotatable bonds is 3. The highest BCUT2D eigenvalue weighted by atomic mass is 127. The molecule has 0 saturated heterocycles. The van der Waals surface area contributed by atoms with Crippen molar-refractivity contribution < 1.29 is 8.78 Å². The summed E-state index contributed by atoms with van der Waals surface area (Å²) >= 11 is 2.18. The summed E-state index contributed by atoms with van der Waals surface area (Å²) in [6.07, 6.45) is 0. The Kier molecular flexibility index (Phi) is 4.52. The molecule has 0 amide bonds. The molecular weight excluding hydrogens is 359 g/mol. The molecule has 0 aromatic heterocycles. The van der Waals surface area contributed by atoms with Crippen LogP contribution < -0.4 is 5.32 Å². The average Bonchev–Trinajstić information content (AvgIpc) is 2.39. The highest BCUT2D eigenvalue weighted by Gasteiger charge is 2.21. The fourth-order valence-corrected chi connectivity index (χ4v) is 2.67. The highest BCUT2D eigenvalue weighted by Crippen LogP contribution is 2.29. The van der Waals surface area contributed by atoms with Gasteiger partial charge < -0.3 is 5.32 Å². The van der Waals surface area contributed by atoms with Crippen LogP contribution in [0.2, 0.25) is 0 Å². The number of hydrogen-bond donors (Lipinski definition) is 1. The first-order valence-electron chi connectivity index (χ1n) is 5.92. The SMILES string of the molecule is CNC(c1cccc(I)c1)c1c(F)ccc(C)c1F. The van der Waals surface area contributed by atoms with Crippen molar-refractivity contribution >= 4 is 22.6 Å². The Morgan fingerprint density at radius 2 is 1.89 bits per heavy atom. The van der Waals surface area contributed by atoms with E-state index in [0.29, 0.717) is 5.56 Å². The van der Waals surface area contributed by atoms with Crippen molar-refractivity contribution in [2.75, 3.05) is 7.05 Å². The van der Waals surface area contributed by atoms with E-state index in [-0.39, 0.29) is 5.56 Å². The molecule has 1 N–H and O–H groups in total. The van der Waals surface area contributed by atoms with E-state index in [4.69, 9.17) is 0 Å². The van der Waals surface area contributed by atoms with E-state index in [0.717, 1.165) is 9.13 Å². The predicted molar refractivity (Wildman–Crippen MR) is 81.2 cm³/mol. The molecule has 0 aliphatic rings. The smallest absolute Gasteiger partial charge is 0.134 e. The average molecular weight is 373 g/mol. The summed E-state index contributed by atoms with van der Waals surface area (Å²) in [5, 5.41) is 2.99. The van der Waals surface area contributed by atoms with Crippen molar-refractivity contribution in [2.45, 2.75) is 13.0 Å². The molecule has 0 heterocycles. The molecule has 0 spiro atoms. The zero-order chi connectivity index (χ0) is 14.0. The Balaban J connectivity index is 2.57. The third kappa shape index (κ3) is 2.95. The van der Waals surface area contributed by atoms with Crippen molar-refractivity contribution in [3.05, 3.63) is 68.3 Å². The second-order valence-corrected chi connectivity index (χ2v) is 5.61. The summed E-state index contributed by atoms with van der Waals surface area (Å²) in [4.78, 5) is 0. The van der Waals surface area contributed by atoms with Gasteiger partial charge in [0.25, 0.3) is 0 Å². The lowest BCUT2D eigenvalue weighted by atomic mass is 9.96. The van der Waals surface area contributed by atoms with Gasteiger partial charge in [0.2, 0.25) is 0 Å². The molecule has 4 heteroatoms. The van der Waals surface area contributed by atoms with Gasteiger partial charge >= 0.3 is 0 Å². The van der Waals surface area contributed by atoms with Crippen LogP contribution in [0.4, 0.5) is 8.78 Å². The van der Waals surface area contributed by atoms with Crippen LogP contribution in [0.3, 0.4) is 0 Å². The molecule has 2 aromatic rings. The topological polar surface area (TPSA) is 12.0 Å². The summed E-state index contributed by atoms with van der Waals surface area (Å²) in [7, 11) is 1.70. The van der Waals surface area contributed by atoms with Crippen LogP contribution in [-0.4, -0.2) is 7.05 Å². The van der Waals surface area contributed by atoms with Crippen molar-refractivity contribution in [1.29, 1.82) is 0 Å². The number of aryl methyl sites for hydroxylation is 1. The minimum Gasteiger partial charge on any atom is -0.309 e. The summed E-state index contributed by atoms with van der Waals surface area (Å²) in [6.45, 7) is 1.64. The minimum atomic E-state index is -0.527. The molecule has 1 atom stereocenters. The van der Waals surface area contributed by atoms with Crippen LogP contribution in [-0.2, 0) is 0 Å². The van der Waals surface area contributed by atoms with Crippen LogP contribution in [0.15, 0.2) is 36.4 Å². The first kappa shape index (κ1) is 14.4. The zero-order valence-corrected chi connectivity index (χ0v) is 12.8. The van der Waals surface area contributed by atoms with Gasteiger partial charge in [0.1, 0.15) is 11.6 Å². The van der Waals surface area contributed by atoms with E-state index in [1.165, 1.54) is 12.1 Å². The number of halogens is 3. The minimum absolute atomic E-state index is 0.0736. The first-order valence-corrected chi connectivity index (χ1v) is 6.99. The first-order chi connectivity index (χ1) is 9.04. The van der Waals surface area contributed by atoms with E-state index in [1.807, 2.05) is 24.3 Å². The van der Waals surface area contributed by atoms with Gasteiger partial charge in [0.05, 0.1) is 6.04 Å². The van der Waals surface area contributed by atoms with Gasteiger partial charge in [-0.2, -0.15) is 0 Å². The highest BCUT2D eigenvalue weighted by molar-refractivity contribution is 14.1. The van der Waals surface area contributed by atoms with Crippen molar-refractivity contribution in [3.8, 4) is 0 Å². The number of nitrogens with one attached hydrogen (secondary N) is 1. The van der Waals surface area contributed by atoms with Gasteiger partial charge in [0.15, 0.2) is 0 Å². The second kappa shape index (κ2) is 5.96.